The second kappa shape index (κ2) is 7.13. The Morgan fingerprint density at radius 2 is 1.73 bits per heavy atom. The van der Waals surface area contributed by atoms with Gasteiger partial charge in [0.15, 0.2) is 11.5 Å². The number of hydrogen-bond acceptors (Lipinski definition) is 6. The third-order valence-electron chi connectivity index (χ3n) is 3.37. The van der Waals surface area contributed by atoms with Gasteiger partial charge in [-0.25, -0.2) is 4.68 Å². The third kappa shape index (κ3) is 2.85. The molecule has 120 valence electrons. The van der Waals surface area contributed by atoms with E-state index in [1.807, 2.05) is 16.8 Å². The van der Waals surface area contributed by atoms with Crippen LogP contribution >= 0.6 is 0 Å². The van der Waals surface area contributed by atoms with Gasteiger partial charge in [0.1, 0.15) is 5.69 Å². The van der Waals surface area contributed by atoms with Gasteiger partial charge in [0, 0.05) is 18.7 Å². The maximum absolute atomic E-state index is 5.79. The number of methoxy groups -OCH3 is 3. The summed E-state index contributed by atoms with van der Waals surface area (Å²) in [7, 11) is 4.76. The molecule has 0 aliphatic rings. The van der Waals surface area contributed by atoms with Crippen LogP contribution in [0.4, 0.5) is 0 Å². The maximum Gasteiger partial charge on any atom is 0.203 e. The molecule has 7 nitrogen and oxygen atoms in total. The first-order valence-corrected chi connectivity index (χ1v) is 7.12. The predicted molar refractivity (Wildman–Crippen MR) is 83.3 cm³/mol. The van der Waals surface area contributed by atoms with E-state index in [2.05, 4.69) is 17.2 Å². The zero-order valence-corrected chi connectivity index (χ0v) is 13.4. The van der Waals surface area contributed by atoms with Crippen LogP contribution in [0.15, 0.2) is 12.1 Å². The van der Waals surface area contributed by atoms with Crippen molar-refractivity contribution in [2.24, 2.45) is 5.73 Å². The van der Waals surface area contributed by atoms with Crippen LogP contribution in [-0.4, -0.2) is 36.3 Å². The summed E-state index contributed by atoms with van der Waals surface area (Å²) >= 11 is 0. The second-order valence-electron chi connectivity index (χ2n) is 4.73. The van der Waals surface area contributed by atoms with E-state index >= 15 is 0 Å². The lowest BCUT2D eigenvalue weighted by Gasteiger charge is -2.15. The van der Waals surface area contributed by atoms with Gasteiger partial charge < -0.3 is 19.9 Å². The fourth-order valence-corrected chi connectivity index (χ4v) is 2.39. The van der Waals surface area contributed by atoms with Crippen molar-refractivity contribution in [1.82, 2.24) is 15.0 Å². The van der Waals surface area contributed by atoms with Crippen LogP contribution in [0.25, 0.3) is 11.3 Å². The lowest BCUT2D eigenvalue weighted by Crippen LogP contribution is -2.05. The minimum atomic E-state index is 0.315. The summed E-state index contributed by atoms with van der Waals surface area (Å²) in [6.07, 6.45) is 0.949. The SMILES string of the molecule is CCCn1nnc(CN)c1-c1cc(OC)c(OC)c(OC)c1. The summed E-state index contributed by atoms with van der Waals surface area (Å²) in [6, 6.07) is 3.76. The lowest BCUT2D eigenvalue weighted by molar-refractivity contribution is 0.324. The first kappa shape index (κ1) is 16.1. The Morgan fingerprint density at radius 1 is 1.09 bits per heavy atom. The molecule has 0 radical (unpaired) electrons. The summed E-state index contributed by atoms with van der Waals surface area (Å²) in [5.41, 5.74) is 8.29. The number of benzene rings is 1. The molecule has 1 aromatic carbocycles. The summed E-state index contributed by atoms with van der Waals surface area (Å²) in [6.45, 7) is 3.16. The van der Waals surface area contributed by atoms with E-state index in [4.69, 9.17) is 19.9 Å². The Bertz CT molecular complexity index is 615. The minimum Gasteiger partial charge on any atom is -0.493 e. The van der Waals surface area contributed by atoms with Gasteiger partial charge in [0.05, 0.1) is 27.0 Å². The fourth-order valence-electron chi connectivity index (χ4n) is 2.39. The van der Waals surface area contributed by atoms with Crippen molar-refractivity contribution < 1.29 is 14.2 Å². The molecule has 2 aromatic rings. The maximum atomic E-state index is 5.79. The molecule has 0 atom stereocenters. The Balaban J connectivity index is 2.64. The molecule has 2 rings (SSSR count). The molecule has 7 heteroatoms. The largest absolute Gasteiger partial charge is 0.493 e. The number of nitrogens with two attached hydrogens (primary N) is 1. The molecule has 0 aliphatic carbocycles. The molecule has 0 saturated carbocycles. The van der Waals surface area contributed by atoms with Crippen LogP contribution < -0.4 is 19.9 Å². The standard InChI is InChI=1S/C15H22N4O3/c1-5-6-19-14(11(9-16)17-18-19)10-7-12(20-2)15(22-4)13(8-10)21-3/h7-8H,5-6,9,16H2,1-4H3. The van der Waals surface area contributed by atoms with Crippen LogP contribution in [0.5, 0.6) is 17.2 Å². The highest BCUT2D eigenvalue weighted by Gasteiger charge is 2.19. The van der Waals surface area contributed by atoms with Crippen LogP contribution in [0.1, 0.15) is 19.0 Å². The van der Waals surface area contributed by atoms with Crippen molar-refractivity contribution in [3.05, 3.63) is 17.8 Å². The highest BCUT2D eigenvalue weighted by Crippen LogP contribution is 2.41. The van der Waals surface area contributed by atoms with E-state index in [1.165, 1.54) is 0 Å². The van der Waals surface area contributed by atoms with Gasteiger partial charge in [-0.15, -0.1) is 5.10 Å². The molecular formula is C15H22N4O3. The molecule has 0 saturated heterocycles. The normalized spacial score (nSPS) is 10.6. The number of ether oxygens (including phenoxy) is 3. The van der Waals surface area contributed by atoms with Crippen LogP contribution in [0.3, 0.4) is 0 Å². The number of hydrogen-bond donors (Lipinski definition) is 1. The topological polar surface area (TPSA) is 84.4 Å². The molecule has 0 aliphatic heterocycles. The lowest BCUT2D eigenvalue weighted by atomic mass is 10.1. The molecule has 22 heavy (non-hydrogen) atoms. The van der Waals surface area contributed by atoms with Crippen LogP contribution in [0, 0.1) is 0 Å². The predicted octanol–water partition coefficient (Wildman–Crippen LogP) is 1.84. The smallest absolute Gasteiger partial charge is 0.203 e. The molecule has 0 unspecified atom stereocenters. The van der Waals surface area contributed by atoms with Gasteiger partial charge in [-0.1, -0.05) is 12.1 Å². The van der Waals surface area contributed by atoms with Gasteiger partial charge in [-0.2, -0.15) is 0 Å². The van der Waals surface area contributed by atoms with E-state index in [9.17, 15) is 0 Å². The van der Waals surface area contributed by atoms with Crippen molar-refractivity contribution in [3.63, 3.8) is 0 Å². The van der Waals surface area contributed by atoms with E-state index in [0.29, 0.717) is 23.8 Å². The highest BCUT2D eigenvalue weighted by molar-refractivity contribution is 5.70. The number of rotatable bonds is 7. The Kier molecular flexibility index (Phi) is 5.21. The second-order valence-corrected chi connectivity index (χ2v) is 4.73. The highest BCUT2D eigenvalue weighted by atomic mass is 16.5. The van der Waals surface area contributed by atoms with Gasteiger partial charge in [-0.3, -0.25) is 0 Å². The van der Waals surface area contributed by atoms with Crippen molar-refractivity contribution in [1.29, 1.82) is 0 Å². The quantitative estimate of drug-likeness (QED) is 0.840. The van der Waals surface area contributed by atoms with Crippen molar-refractivity contribution in [2.75, 3.05) is 21.3 Å². The Labute approximate surface area is 130 Å². The fraction of sp³-hybridized carbons (Fsp3) is 0.467. The summed E-state index contributed by atoms with van der Waals surface area (Å²) in [4.78, 5) is 0. The summed E-state index contributed by atoms with van der Waals surface area (Å²) < 4.78 is 18.0. The monoisotopic (exact) mass is 306 g/mol. The van der Waals surface area contributed by atoms with Gasteiger partial charge in [0.2, 0.25) is 5.75 Å². The van der Waals surface area contributed by atoms with E-state index in [-0.39, 0.29) is 0 Å². The zero-order valence-electron chi connectivity index (χ0n) is 13.4. The summed E-state index contributed by atoms with van der Waals surface area (Å²) in [5.74, 6) is 1.73. The van der Waals surface area contributed by atoms with E-state index < -0.39 is 0 Å². The number of aryl methyl sites for hydroxylation is 1. The third-order valence-corrected chi connectivity index (χ3v) is 3.37. The van der Waals surface area contributed by atoms with Crippen LogP contribution in [0.2, 0.25) is 0 Å². The molecule has 1 heterocycles. The van der Waals surface area contributed by atoms with Crippen molar-refractivity contribution in [3.8, 4) is 28.5 Å². The first-order valence-electron chi connectivity index (χ1n) is 7.12. The number of nitrogens with zero attached hydrogens (tertiary/aromatic N) is 3. The van der Waals surface area contributed by atoms with Gasteiger partial charge in [-0.05, 0) is 18.6 Å². The number of aromatic nitrogens is 3. The van der Waals surface area contributed by atoms with E-state index in [0.717, 1.165) is 29.9 Å². The van der Waals surface area contributed by atoms with Crippen LogP contribution in [-0.2, 0) is 13.1 Å². The van der Waals surface area contributed by atoms with Gasteiger partial charge >= 0.3 is 0 Å². The average Bonchev–Trinajstić information content (AvgIpc) is 2.96. The Morgan fingerprint density at radius 3 is 2.18 bits per heavy atom. The molecule has 0 spiro atoms. The average molecular weight is 306 g/mol. The van der Waals surface area contributed by atoms with E-state index in [1.54, 1.807) is 21.3 Å². The van der Waals surface area contributed by atoms with Gasteiger partial charge in [0.25, 0.3) is 0 Å². The summed E-state index contributed by atoms with van der Waals surface area (Å²) in [5, 5.41) is 8.34. The zero-order chi connectivity index (χ0) is 16.1. The van der Waals surface area contributed by atoms with Crippen molar-refractivity contribution >= 4 is 0 Å². The molecule has 0 fully saturated rings. The molecule has 1 aromatic heterocycles. The Hall–Kier alpha value is -2.28. The minimum absolute atomic E-state index is 0.315. The first-order chi connectivity index (χ1) is 10.7. The molecule has 2 N–H and O–H groups in total. The van der Waals surface area contributed by atoms with Crippen molar-refractivity contribution in [2.45, 2.75) is 26.4 Å². The molecular weight excluding hydrogens is 284 g/mol. The molecule has 0 amide bonds. The molecule has 0 bridgehead atoms.